The lowest BCUT2D eigenvalue weighted by Gasteiger charge is -2.19. The molecule has 8 heteroatoms. The van der Waals surface area contributed by atoms with E-state index in [1.165, 1.54) is 0 Å². The number of carbonyl (C=O) groups excluding carboxylic acids is 1. The molecule has 0 bridgehead atoms. The highest BCUT2D eigenvalue weighted by Gasteiger charge is 2.22. The van der Waals surface area contributed by atoms with Crippen LogP contribution >= 0.6 is 31.9 Å². The number of aromatic nitrogens is 4. The normalized spacial score (nSPS) is 10.9. The van der Waals surface area contributed by atoms with Gasteiger partial charge in [-0.25, -0.2) is 0 Å². The number of amides is 1. The van der Waals surface area contributed by atoms with E-state index in [-0.39, 0.29) is 5.91 Å². The second-order valence-electron chi connectivity index (χ2n) is 4.57. The fourth-order valence-corrected chi connectivity index (χ4v) is 3.00. The maximum Gasteiger partial charge on any atom is 0.273 e. The Morgan fingerprint density at radius 1 is 1.14 bits per heavy atom. The van der Waals surface area contributed by atoms with Crippen molar-refractivity contribution in [2.24, 2.45) is 0 Å². The van der Waals surface area contributed by atoms with Crippen molar-refractivity contribution >= 4 is 37.8 Å². The first-order chi connectivity index (χ1) is 9.99. The molecule has 2 aromatic heterocycles. The van der Waals surface area contributed by atoms with E-state index in [9.17, 15) is 4.79 Å². The molecular formula is C13H17Br2N5O. The summed E-state index contributed by atoms with van der Waals surface area (Å²) in [5.41, 5.74) is 1.55. The van der Waals surface area contributed by atoms with E-state index >= 15 is 0 Å². The summed E-state index contributed by atoms with van der Waals surface area (Å²) in [5.74, 6) is -0.0722. The van der Waals surface area contributed by atoms with Crippen LogP contribution in [0.25, 0.3) is 0 Å². The molecule has 2 aromatic rings. The summed E-state index contributed by atoms with van der Waals surface area (Å²) < 4.78 is 5.19. The van der Waals surface area contributed by atoms with Crippen molar-refractivity contribution in [1.82, 2.24) is 24.5 Å². The van der Waals surface area contributed by atoms with Gasteiger partial charge in [-0.05, 0) is 45.7 Å². The smallest absolute Gasteiger partial charge is 0.273 e. The Morgan fingerprint density at radius 3 is 2.33 bits per heavy atom. The van der Waals surface area contributed by atoms with Gasteiger partial charge in [0.25, 0.3) is 5.91 Å². The van der Waals surface area contributed by atoms with Crippen LogP contribution in [-0.2, 0) is 19.6 Å². The molecule has 0 aromatic carbocycles. The maximum absolute atomic E-state index is 12.6. The molecule has 21 heavy (non-hydrogen) atoms. The molecule has 0 fully saturated rings. The number of aryl methyl sites for hydroxylation is 2. The first kappa shape index (κ1) is 16.2. The average molecular weight is 419 g/mol. The predicted molar refractivity (Wildman–Crippen MR) is 87.0 cm³/mol. The van der Waals surface area contributed by atoms with E-state index < -0.39 is 0 Å². The van der Waals surface area contributed by atoms with Crippen LogP contribution in [0.3, 0.4) is 0 Å². The van der Waals surface area contributed by atoms with Crippen LogP contribution < -0.4 is 0 Å². The molecule has 6 nitrogen and oxygen atoms in total. The van der Waals surface area contributed by atoms with Crippen molar-refractivity contribution < 1.29 is 4.79 Å². The minimum atomic E-state index is -0.0722. The molecule has 0 unspecified atom stereocenters. The van der Waals surface area contributed by atoms with Gasteiger partial charge in [0.2, 0.25) is 0 Å². The molecule has 0 radical (unpaired) electrons. The van der Waals surface area contributed by atoms with E-state index in [1.54, 1.807) is 29.0 Å². The number of carbonyl (C=O) groups is 1. The van der Waals surface area contributed by atoms with Gasteiger partial charge in [0.05, 0.1) is 33.6 Å². The van der Waals surface area contributed by atoms with Crippen LogP contribution in [0, 0.1) is 0 Å². The van der Waals surface area contributed by atoms with Gasteiger partial charge in [-0.15, -0.1) is 0 Å². The SMILES string of the molecule is CCn1ncc(Br)c1CN(C)C(=O)c1c(Br)cnn1CC. The lowest BCUT2D eigenvalue weighted by atomic mass is 10.3. The summed E-state index contributed by atoms with van der Waals surface area (Å²) in [6.07, 6.45) is 3.40. The molecular weight excluding hydrogens is 402 g/mol. The highest BCUT2D eigenvalue weighted by atomic mass is 79.9. The zero-order valence-corrected chi connectivity index (χ0v) is 15.3. The number of hydrogen-bond acceptors (Lipinski definition) is 3. The van der Waals surface area contributed by atoms with Gasteiger partial charge in [-0.1, -0.05) is 0 Å². The fraction of sp³-hybridized carbons (Fsp3) is 0.462. The van der Waals surface area contributed by atoms with Gasteiger partial charge >= 0.3 is 0 Å². The van der Waals surface area contributed by atoms with Gasteiger partial charge in [-0.3, -0.25) is 14.2 Å². The highest BCUT2D eigenvalue weighted by Crippen LogP contribution is 2.21. The number of rotatable bonds is 5. The second kappa shape index (κ2) is 6.74. The van der Waals surface area contributed by atoms with Gasteiger partial charge in [-0.2, -0.15) is 10.2 Å². The zero-order chi connectivity index (χ0) is 15.6. The second-order valence-corrected chi connectivity index (χ2v) is 6.28. The Balaban J connectivity index is 2.23. The molecule has 2 heterocycles. The zero-order valence-electron chi connectivity index (χ0n) is 12.2. The summed E-state index contributed by atoms with van der Waals surface area (Å²) in [6.45, 7) is 5.87. The monoisotopic (exact) mass is 417 g/mol. The molecule has 0 spiro atoms. The molecule has 0 aliphatic heterocycles. The number of nitrogens with zero attached hydrogens (tertiary/aromatic N) is 5. The van der Waals surface area contributed by atoms with Crippen molar-refractivity contribution in [3.63, 3.8) is 0 Å². The Kier molecular flexibility index (Phi) is 5.21. The number of hydrogen-bond donors (Lipinski definition) is 0. The Labute approximate surface area is 140 Å². The summed E-state index contributed by atoms with van der Waals surface area (Å²) >= 11 is 6.87. The molecule has 0 saturated heterocycles. The lowest BCUT2D eigenvalue weighted by Crippen LogP contribution is -2.30. The topological polar surface area (TPSA) is 56.0 Å². The molecule has 0 aliphatic carbocycles. The standard InChI is InChI=1S/C13H17Br2N5O/c1-4-19-11(9(14)6-16-19)8-18(3)13(21)12-10(15)7-17-20(12)5-2/h6-7H,4-5,8H2,1-3H3. The summed E-state index contributed by atoms with van der Waals surface area (Å²) in [5, 5.41) is 8.45. The van der Waals surface area contributed by atoms with Crippen molar-refractivity contribution in [2.75, 3.05) is 7.05 Å². The molecule has 0 aliphatic rings. The van der Waals surface area contributed by atoms with Crippen LogP contribution in [-0.4, -0.2) is 37.4 Å². The highest BCUT2D eigenvalue weighted by molar-refractivity contribution is 9.10. The Hall–Kier alpha value is -1.15. The quantitative estimate of drug-likeness (QED) is 0.749. The molecule has 2 rings (SSSR count). The Bertz CT molecular complexity index is 649. The van der Waals surface area contributed by atoms with Crippen LogP contribution in [0.4, 0.5) is 0 Å². The van der Waals surface area contributed by atoms with E-state index in [0.717, 1.165) is 16.7 Å². The molecule has 0 saturated carbocycles. The van der Waals surface area contributed by atoms with E-state index in [4.69, 9.17) is 0 Å². The van der Waals surface area contributed by atoms with Crippen LogP contribution in [0.1, 0.15) is 30.0 Å². The molecule has 0 atom stereocenters. The lowest BCUT2D eigenvalue weighted by molar-refractivity contribution is 0.0768. The summed E-state index contributed by atoms with van der Waals surface area (Å²) in [4.78, 5) is 14.3. The van der Waals surface area contributed by atoms with Crippen LogP contribution in [0.5, 0.6) is 0 Å². The molecule has 0 N–H and O–H groups in total. The fourth-order valence-electron chi connectivity index (χ4n) is 2.11. The van der Waals surface area contributed by atoms with E-state index in [1.807, 2.05) is 18.5 Å². The number of halogens is 2. The van der Waals surface area contributed by atoms with Gasteiger partial charge < -0.3 is 4.90 Å². The summed E-state index contributed by atoms with van der Waals surface area (Å²) in [7, 11) is 1.78. The van der Waals surface area contributed by atoms with Crippen LogP contribution in [0.15, 0.2) is 21.3 Å². The van der Waals surface area contributed by atoms with Crippen molar-refractivity contribution in [1.29, 1.82) is 0 Å². The first-order valence-electron chi connectivity index (χ1n) is 6.66. The van der Waals surface area contributed by atoms with Gasteiger partial charge in [0.15, 0.2) is 0 Å². The van der Waals surface area contributed by atoms with Gasteiger partial charge in [0, 0.05) is 20.1 Å². The Morgan fingerprint density at radius 2 is 1.71 bits per heavy atom. The predicted octanol–water partition coefficient (Wildman–Crippen LogP) is 2.92. The van der Waals surface area contributed by atoms with Crippen molar-refractivity contribution in [2.45, 2.75) is 33.5 Å². The largest absolute Gasteiger partial charge is 0.334 e. The maximum atomic E-state index is 12.6. The minimum absolute atomic E-state index is 0.0722. The van der Waals surface area contributed by atoms with E-state index in [2.05, 4.69) is 42.1 Å². The van der Waals surface area contributed by atoms with Crippen LogP contribution in [0.2, 0.25) is 0 Å². The third-order valence-corrected chi connectivity index (χ3v) is 4.47. The molecule has 1 amide bonds. The third-order valence-electron chi connectivity index (χ3n) is 3.23. The van der Waals surface area contributed by atoms with Crippen molar-refractivity contribution in [3.8, 4) is 0 Å². The molecule has 114 valence electrons. The van der Waals surface area contributed by atoms with Gasteiger partial charge in [0.1, 0.15) is 5.69 Å². The first-order valence-corrected chi connectivity index (χ1v) is 8.25. The van der Waals surface area contributed by atoms with E-state index in [0.29, 0.717) is 23.3 Å². The van der Waals surface area contributed by atoms with Crippen molar-refractivity contribution in [3.05, 3.63) is 32.7 Å². The average Bonchev–Trinajstić information content (AvgIpc) is 3.01. The third kappa shape index (κ3) is 3.21. The minimum Gasteiger partial charge on any atom is -0.334 e. The summed E-state index contributed by atoms with van der Waals surface area (Å²) in [6, 6.07) is 0.